The predicted octanol–water partition coefficient (Wildman–Crippen LogP) is 1.80. The minimum Gasteiger partial charge on any atom is -0.393 e. The van der Waals surface area contributed by atoms with Crippen molar-refractivity contribution in [2.45, 2.75) is 57.1 Å². The number of aliphatic hydroxyl groups is 1. The number of hydrogen-bond acceptors (Lipinski definition) is 3. The molecular weight excluding hydrogens is 403 g/mol. The monoisotopic (exact) mass is 436 g/mol. The zero-order valence-corrected chi connectivity index (χ0v) is 16.7. The molecule has 5 nitrogen and oxygen atoms in total. The van der Waals surface area contributed by atoms with Crippen molar-refractivity contribution in [2.75, 3.05) is 33.2 Å². The summed E-state index contributed by atoms with van der Waals surface area (Å²) in [4.78, 5) is 6.97. The van der Waals surface area contributed by atoms with Gasteiger partial charge in [0.1, 0.15) is 0 Å². The smallest absolute Gasteiger partial charge is 0.191 e. The second kappa shape index (κ2) is 9.42. The fourth-order valence-corrected chi connectivity index (χ4v) is 3.80. The molecule has 0 aromatic carbocycles. The van der Waals surface area contributed by atoms with Crippen LogP contribution in [0.4, 0.5) is 0 Å². The Morgan fingerprint density at radius 2 is 1.87 bits per heavy atom. The molecule has 0 bridgehead atoms. The summed E-state index contributed by atoms with van der Waals surface area (Å²) in [7, 11) is 1.84. The summed E-state index contributed by atoms with van der Waals surface area (Å²) in [6, 6.07) is 0.537. The zero-order chi connectivity index (χ0) is 15.4. The van der Waals surface area contributed by atoms with Crippen molar-refractivity contribution in [3.05, 3.63) is 0 Å². The minimum atomic E-state index is -0.128. The molecule has 134 valence electrons. The van der Waals surface area contributed by atoms with Crippen LogP contribution < -0.4 is 10.6 Å². The Balaban J connectivity index is 0.00000192. The lowest BCUT2D eigenvalue weighted by atomic mass is 10.0. The van der Waals surface area contributed by atoms with E-state index >= 15 is 0 Å². The molecule has 1 heterocycles. The Morgan fingerprint density at radius 1 is 1.13 bits per heavy atom. The molecule has 6 heteroatoms. The third-order valence-corrected chi connectivity index (χ3v) is 5.52. The van der Waals surface area contributed by atoms with E-state index in [4.69, 9.17) is 0 Å². The number of aliphatic hydroxyl groups excluding tert-OH is 1. The summed E-state index contributed by atoms with van der Waals surface area (Å²) in [6.45, 7) is 4.58. The SMILES string of the molecule is CN=C(NCC1CCCC1O)NC1CCN(CC2CC2)CC1.I. The van der Waals surface area contributed by atoms with Gasteiger partial charge in [-0.05, 0) is 44.4 Å². The van der Waals surface area contributed by atoms with Gasteiger partial charge in [0.2, 0.25) is 0 Å². The maximum atomic E-state index is 9.90. The third-order valence-electron chi connectivity index (χ3n) is 5.52. The van der Waals surface area contributed by atoms with Crippen LogP contribution in [-0.4, -0.2) is 61.3 Å². The number of nitrogens with zero attached hydrogens (tertiary/aromatic N) is 2. The van der Waals surface area contributed by atoms with E-state index in [9.17, 15) is 5.11 Å². The van der Waals surface area contributed by atoms with Crippen molar-refractivity contribution in [3.63, 3.8) is 0 Å². The van der Waals surface area contributed by atoms with E-state index < -0.39 is 0 Å². The van der Waals surface area contributed by atoms with Gasteiger partial charge in [0.25, 0.3) is 0 Å². The molecule has 1 aliphatic heterocycles. The molecular formula is C17H33IN4O. The quantitative estimate of drug-likeness (QED) is 0.350. The van der Waals surface area contributed by atoms with Gasteiger partial charge in [0, 0.05) is 45.2 Å². The molecule has 2 saturated carbocycles. The lowest BCUT2D eigenvalue weighted by molar-refractivity contribution is 0.134. The van der Waals surface area contributed by atoms with E-state index in [-0.39, 0.29) is 30.1 Å². The summed E-state index contributed by atoms with van der Waals surface area (Å²) < 4.78 is 0. The molecule has 1 saturated heterocycles. The van der Waals surface area contributed by atoms with Crippen LogP contribution in [0.25, 0.3) is 0 Å². The number of likely N-dealkylation sites (tertiary alicyclic amines) is 1. The fourth-order valence-electron chi connectivity index (χ4n) is 3.80. The van der Waals surface area contributed by atoms with Crippen molar-refractivity contribution in [1.29, 1.82) is 0 Å². The van der Waals surface area contributed by atoms with Crippen LogP contribution in [0, 0.1) is 11.8 Å². The van der Waals surface area contributed by atoms with Crippen molar-refractivity contribution in [1.82, 2.24) is 15.5 Å². The highest BCUT2D eigenvalue weighted by atomic mass is 127. The van der Waals surface area contributed by atoms with Gasteiger partial charge in [-0.2, -0.15) is 0 Å². The molecule has 3 aliphatic rings. The van der Waals surface area contributed by atoms with Crippen molar-refractivity contribution >= 4 is 29.9 Å². The first-order valence-electron chi connectivity index (χ1n) is 9.12. The lowest BCUT2D eigenvalue weighted by Crippen LogP contribution is -2.49. The van der Waals surface area contributed by atoms with Gasteiger partial charge >= 0.3 is 0 Å². The Kier molecular flexibility index (Phi) is 7.88. The minimum absolute atomic E-state index is 0. The normalized spacial score (nSPS) is 30.1. The number of nitrogens with one attached hydrogen (secondary N) is 2. The number of rotatable bonds is 5. The molecule has 3 rings (SSSR count). The molecule has 0 aromatic rings. The Labute approximate surface area is 157 Å². The first kappa shape index (κ1) is 19.2. The third kappa shape index (κ3) is 6.05. The number of aliphatic imine (C=N–C) groups is 1. The first-order valence-corrected chi connectivity index (χ1v) is 9.12. The number of piperidine rings is 1. The lowest BCUT2D eigenvalue weighted by Gasteiger charge is -2.33. The molecule has 0 radical (unpaired) electrons. The first-order chi connectivity index (χ1) is 10.7. The van der Waals surface area contributed by atoms with Gasteiger partial charge < -0.3 is 20.6 Å². The number of guanidine groups is 1. The van der Waals surface area contributed by atoms with Gasteiger partial charge in [0.15, 0.2) is 5.96 Å². The summed E-state index contributed by atoms with van der Waals surface area (Å²) in [5.74, 6) is 2.29. The van der Waals surface area contributed by atoms with E-state index in [2.05, 4.69) is 20.5 Å². The van der Waals surface area contributed by atoms with Crippen LogP contribution in [0.5, 0.6) is 0 Å². The van der Waals surface area contributed by atoms with E-state index in [1.54, 1.807) is 0 Å². The molecule has 3 N–H and O–H groups in total. The Bertz CT molecular complexity index is 381. The van der Waals surface area contributed by atoms with Crippen molar-refractivity contribution < 1.29 is 5.11 Å². The van der Waals surface area contributed by atoms with Crippen LogP contribution in [0.2, 0.25) is 0 Å². The van der Waals surface area contributed by atoms with E-state index in [1.165, 1.54) is 45.3 Å². The number of halogens is 1. The Hall–Kier alpha value is -0.0800. The summed E-state index contributed by atoms with van der Waals surface area (Å²) in [6.07, 6.45) is 8.42. The highest BCUT2D eigenvalue weighted by Gasteiger charge is 2.28. The topological polar surface area (TPSA) is 59.9 Å². The molecule has 0 aromatic heterocycles. The highest BCUT2D eigenvalue weighted by molar-refractivity contribution is 14.0. The largest absolute Gasteiger partial charge is 0.393 e. The van der Waals surface area contributed by atoms with Gasteiger partial charge in [-0.25, -0.2) is 0 Å². The molecule has 0 spiro atoms. The van der Waals surface area contributed by atoms with Crippen molar-refractivity contribution in [2.24, 2.45) is 16.8 Å². The summed E-state index contributed by atoms with van der Waals surface area (Å²) in [5, 5.41) is 16.9. The summed E-state index contributed by atoms with van der Waals surface area (Å²) in [5.41, 5.74) is 0. The standard InChI is InChI=1S/C17H32N4O.HI/c1-18-17(19-11-14-3-2-4-16(14)22)20-15-7-9-21(10-8-15)12-13-5-6-13;/h13-16,22H,2-12H2,1H3,(H2,18,19,20);1H. The maximum absolute atomic E-state index is 9.90. The van der Waals surface area contributed by atoms with E-state index in [1.807, 2.05) is 7.05 Å². The van der Waals surface area contributed by atoms with Crippen LogP contribution in [0.1, 0.15) is 44.9 Å². The van der Waals surface area contributed by atoms with E-state index in [0.29, 0.717) is 12.0 Å². The van der Waals surface area contributed by atoms with Crippen LogP contribution in [0.15, 0.2) is 4.99 Å². The second-order valence-electron chi connectivity index (χ2n) is 7.37. The Morgan fingerprint density at radius 3 is 2.43 bits per heavy atom. The molecule has 23 heavy (non-hydrogen) atoms. The van der Waals surface area contributed by atoms with E-state index in [0.717, 1.165) is 37.7 Å². The average Bonchev–Trinajstić information content (AvgIpc) is 3.25. The summed E-state index contributed by atoms with van der Waals surface area (Å²) >= 11 is 0. The number of hydrogen-bond donors (Lipinski definition) is 3. The van der Waals surface area contributed by atoms with Crippen molar-refractivity contribution in [3.8, 4) is 0 Å². The van der Waals surface area contributed by atoms with Gasteiger partial charge in [-0.15, -0.1) is 24.0 Å². The predicted molar refractivity (Wildman–Crippen MR) is 105 cm³/mol. The highest BCUT2D eigenvalue weighted by Crippen LogP contribution is 2.30. The molecule has 3 fully saturated rings. The van der Waals surface area contributed by atoms with Crippen LogP contribution >= 0.6 is 24.0 Å². The van der Waals surface area contributed by atoms with Crippen LogP contribution in [-0.2, 0) is 0 Å². The average molecular weight is 436 g/mol. The van der Waals surface area contributed by atoms with Gasteiger partial charge in [-0.1, -0.05) is 6.42 Å². The molecule has 2 atom stereocenters. The molecule has 0 amide bonds. The maximum Gasteiger partial charge on any atom is 0.191 e. The molecule has 2 aliphatic carbocycles. The second-order valence-corrected chi connectivity index (χ2v) is 7.37. The zero-order valence-electron chi connectivity index (χ0n) is 14.3. The van der Waals surface area contributed by atoms with Gasteiger partial charge in [-0.3, -0.25) is 4.99 Å². The molecule has 2 unspecified atom stereocenters. The van der Waals surface area contributed by atoms with Crippen LogP contribution in [0.3, 0.4) is 0 Å². The van der Waals surface area contributed by atoms with Gasteiger partial charge in [0.05, 0.1) is 6.10 Å². The fraction of sp³-hybridized carbons (Fsp3) is 0.941.